The van der Waals surface area contributed by atoms with Gasteiger partial charge in [-0.3, -0.25) is 4.79 Å². The molecule has 7 nitrogen and oxygen atoms in total. The predicted molar refractivity (Wildman–Crippen MR) is 138 cm³/mol. The number of alkyl carbamates (subject to hydrolysis) is 1. The quantitative estimate of drug-likeness (QED) is 0.371. The minimum atomic E-state index is -0.546. The van der Waals surface area contributed by atoms with Gasteiger partial charge in [-0.15, -0.1) is 0 Å². The van der Waals surface area contributed by atoms with E-state index in [1.165, 1.54) is 12.1 Å². The number of benzene rings is 2. The van der Waals surface area contributed by atoms with Gasteiger partial charge in [-0.1, -0.05) is 26.0 Å². The summed E-state index contributed by atoms with van der Waals surface area (Å²) in [5, 5.41) is 15.5. The van der Waals surface area contributed by atoms with Gasteiger partial charge in [0, 0.05) is 29.6 Å². The Morgan fingerprint density at radius 1 is 1.06 bits per heavy atom. The molecule has 2 amide bonds. The average molecular weight is 493 g/mol. The largest absolute Gasteiger partial charge is 0.444 e. The molecule has 190 valence electrons. The summed E-state index contributed by atoms with van der Waals surface area (Å²) in [6.45, 7) is 10.4. The molecule has 1 aromatic heterocycles. The summed E-state index contributed by atoms with van der Waals surface area (Å²) in [5.74, 6) is -0.345. The van der Waals surface area contributed by atoms with E-state index in [2.05, 4.69) is 21.7 Å². The Morgan fingerprint density at radius 3 is 2.31 bits per heavy atom. The highest BCUT2D eigenvalue weighted by Crippen LogP contribution is 2.33. The first kappa shape index (κ1) is 26.7. The number of amides is 2. The fourth-order valence-corrected chi connectivity index (χ4v) is 4.13. The molecule has 36 heavy (non-hydrogen) atoms. The SMILES string of the molecule is CC(CNC(=O)OC(C)(C)C)C[C@H](C)CNC(=O)c1[nH]c2ccc(F)cc2c1-c1ccc(C#N)cc1. The molecule has 0 bridgehead atoms. The molecule has 0 aliphatic carbocycles. The van der Waals surface area contributed by atoms with Crippen molar-refractivity contribution in [2.75, 3.05) is 13.1 Å². The third kappa shape index (κ3) is 7.08. The summed E-state index contributed by atoms with van der Waals surface area (Å²) in [6, 6.07) is 13.3. The zero-order chi connectivity index (χ0) is 26.5. The molecule has 3 aromatic rings. The summed E-state index contributed by atoms with van der Waals surface area (Å²) >= 11 is 0. The van der Waals surface area contributed by atoms with Crippen LogP contribution in [0.5, 0.6) is 0 Å². The van der Waals surface area contributed by atoms with Crippen molar-refractivity contribution in [2.24, 2.45) is 11.8 Å². The predicted octanol–water partition coefficient (Wildman–Crippen LogP) is 5.76. The third-order valence-electron chi connectivity index (χ3n) is 5.70. The molecular weight excluding hydrogens is 459 g/mol. The maximum Gasteiger partial charge on any atom is 0.407 e. The highest BCUT2D eigenvalue weighted by atomic mass is 19.1. The zero-order valence-electron chi connectivity index (χ0n) is 21.4. The maximum absolute atomic E-state index is 14.0. The molecule has 3 N–H and O–H groups in total. The molecule has 0 aliphatic rings. The third-order valence-corrected chi connectivity index (χ3v) is 5.70. The number of ether oxygens (including phenoxy) is 1. The Bertz CT molecular complexity index is 1270. The van der Waals surface area contributed by atoms with E-state index >= 15 is 0 Å². The Hall–Kier alpha value is -3.86. The van der Waals surface area contributed by atoms with E-state index in [1.54, 1.807) is 30.3 Å². The van der Waals surface area contributed by atoms with Gasteiger partial charge in [0.05, 0.1) is 11.6 Å². The van der Waals surface area contributed by atoms with Gasteiger partial charge in [0.2, 0.25) is 0 Å². The number of aromatic nitrogens is 1. The van der Waals surface area contributed by atoms with E-state index in [0.29, 0.717) is 46.4 Å². The topological polar surface area (TPSA) is 107 Å². The first-order valence-electron chi connectivity index (χ1n) is 12.0. The van der Waals surface area contributed by atoms with Crippen molar-refractivity contribution in [1.82, 2.24) is 15.6 Å². The van der Waals surface area contributed by atoms with Gasteiger partial charge in [-0.25, -0.2) is 9.18 Å². The number of nitriles is 1. The number of hydrogen-bond acceptors (Lipinski definition) is 4. The van der Waals surface area contributed by atoms with Crippen molar-refractivity contribution in [3.05, 3.63) is 59.5 Å². The molecule has 1 heterocycles. The van der Waals surface area contributed by atoms with Gasteiger partial charge in [-0.05, 0) is 74.9 Å². The first-order valence-corrected chi connectivity index (χ1v) is 12.0. The molecule has 0 saturated carbocycles. The lowest BCUT2D eigenvalue weighted by molar-refractivity contribution is 0.0518. The Kier molecular flexibility index (Phi) is 8.36. The fraction of sp³-hybridized carbons (Fsp3) is 0.393. The number of rotatable bonds is 8. The summed E-state index contributed by atoms with van der Waals surface area (Å²) < 4.78 is 19.3. The number of nitrogens with zero attached hydrogens (tertiary/aromatic N) is 1. The summed E-state index contributed by atoms with van der Waals surface area (Å²) in [7, 11) is 0. The zero-order valence-corrected chi connectivity index (χ0v) is 21.4. The normalized spacial score (nSPS) is 13.0. The summed E-state index contributed by atoms with van der Waals surface area (Å²) in [6.07, 6.45) is 0.345. The van der Waals surface area contributed by atoms with Crippen molar-refractivity contribution in [1.29, 1.82) is 5.26 Å². The number of aromatic amines is 1. The Labute approximate surface area is 211 Å². The van der Waals surface area contributed by atoms with Gasteiger partial charge in [0.15, 0.2) is 0 Å². The number of carbonyl (C=O) groups excluding carboxylic acids is 2. The van der Waals surface area contributed by atoms with Crippen molar-refractivity contribution < 1.29 is 18.7 Å². The molecule has 1 unspecified atom stereocenters. The van der Waals surface area contributed by atoms with E-state index in [0.717, 1.165) is 6.42 Å². The summed E-state index contributed by atoms with van der Waals surface area (Å²) in [5.41, 5.74) is 2.25. The molecule has 3 rings (SSSR count). The Balaban J connectivity index is 1.67. The highest BCUT2D eigenvalue weighted by molar-refractivity contribution is 6.09. The fourth-order valence-electron chi connectivity index (χ4n) is 4.13. The van der Waals surface area contributed by atoms with Crippen molar-refractivity contribution in [2.45, 2.75) is 46.6 Å². The molecule has 0 saturated heterocycles. The van der Waals surface area contributed by atoms with Gasteiger partial charge in [-0.2, -0.15) is 5.26 Å². The van der Waals surface area contributed by atoms with Crippen LogP contribution in [0.4, 0.5) is 9.18 Å². The lowest BCUT2D eigenvalue weighted by atomic mass is 9.97. The van der Waals surface area contributed by atoms with Crippen LogP contribution in [-0.2, 0) is 4.74 Å². The second-order valence-corrected chi connectivity index (χ2v) is 10.3. The molecule has 0 fully saturated rings. The second kappa shape index (κ2) is 11.3. The molecule has 2 atom stereocenters. The van der Waals surface area contributed by atoms with Crippen molar-refractivity contribution in [3.8, 4) is 17.2 Å². The molecule has 0 radical (unpaired) electrons. The van der Waals surface area contributed by atoms with Gasteiger partial charge in [0.25, 0.3) is 5.91 Å². The van der Waals surface area contributed by atoms with E-state index < -0.39 is 17.5 Å². The van der Waals surface area contributed by atoms with Crippen LogP contribution in [0.15, 0.2) is 42.5 Å². The van der Waals surface area contributed by atoms with Crippen LogP contribution in [0, 0.1) is 29.0 Å². The standard InChI is InChI=1S/C28H33FN4O3/c1-17(12-18(2)16-32-27(35)36-28(3,4)5)15-31-26(34)25-24(20-8-6-19(14-30)7-9-20)22-13-21(29)10-11-23(22)33-25/h6-11,13,17-18,33H,12,15-16H2,1-5H3,(H,31,34)(H,32,35)/t17-,18?/m0/s1. The maximum atomic E-state index is 14.0. The monoisotopic (exact) mass is 492 g/mol. The number of halogens is 1. The van der Waals surface area contributed by atoms with E-state index in [4.69, 9.17) is 10.00 Å². The van der Waals surface area contributed by atoms with E-state index in [-0.39, 0.29) is 17.7 Å². The van der Waals surface area contributed by atoms with Crippen LogP contribution >= 0.6 is 0 Å². The highest BCUT2D eigenvalue weighted by Gasteiger charge is 2.21. The number of nitrogens with one attached hydrogen (secondary N) is 3. The van der Waals surface area contributed by atoms with E-state index in [1.807, 2.05) is 34.6 Å². The molecular formula is C28H33FN4O3. The van der Waals surface area contributed by atoms with Gasteiger partial charge < -0.3 is 20.4 Å². The van der Waals surface area contributed by atoms with E-state index in [9.17, 15) is 14.0 Å². The minimum absolute atomic E-state index is 0.157. The van der Waals surface area contributed by atoms with Crippen LogP contribution in [0.3, 0.4) is 0 Å². The Morgan fingerprint density at radius 2 is 1.69 bits per heavy atom. The number of carbonyl (C=O) groups is 2. The van der Waals surface area contributed by atoms with Crippen LogP contribution in [0.2, 0.25) is 0 Å². The van der Waals surface area contributed by atoms with Crippen LogP contribution in [-0.4, -0.2) is 35.7 Å². The molecule has 8 heteroatoms. The lowest BCUT2D eigenvalue weighted by Gasteiger charge is -2.22. The molecule has 2 aromatic carbocycles. The number of hydrogen-bond donors (Lipinski definition) is 3. The minimum Gasteiger partial charge on any atom is -0.444 e. The number of fused-ring (bicyclic) bond motifs is 1. The van der Waals surface area contributed by atoms with Crippen molar-refractivity contribution >= 4 is 22.9 Å². The van der Waals surface area contributed by atoms with Crippen LogP contribution < -0.4 is 10.6 Å². The first-order chi connectivity index (χ1) is 17.0. The molecule has 0 spiro atoms. The van der Waals surface area contributed by atoms with Crippen LogP contribution in [0.1, 0.15) is 57.1 Å². The second-order valence-electron chi connectivity index (χ2n) is 10.3. The van der Waals surface area contributed by atoms with Crippen molar-refractivity contribution in [3.63, 3.8) is 0 Å². The summed E-state index contributed by atoms with van der Waals surface area (Å²) in [4.78, 5) is 28.2. The smallest absolute Gasteiger partial charge is 0.407 e. The van der Waals surface area contributed by atoms with Gasteiger partial charge in [0.1, 0.15) is 17.1 Å². The molecule has 0 aliphatic heterocycles. The van der Waals surface area contributed by atoms with Gasteiger partial charge >= 0.3 is 6.09 Å². The van der Waals surface area contributed by atoms with Crippen LogP contribution in [0.25, 0.3) is 22.0 Å². The average Bonchev–Trinajstić information content (AvgIpc) is 3.19. The lowest BCUT2D eigenvalue weighted by Crippen LogP contribution is -2.35. The number of H-pyrrole nitrogens is 1.